The van der Waals surface area contributed by atoms with Crippen LogP contribution in [0.2, 0.25) is 0 Å². The maximum atomic E-state index is 9.67. The third kappa shape index (κ3) is 5.81. The smallest absolute Gasteiger partial charge is 0.0900 e. The van der Waals surface area contributed by atoms with E-state index in [1.807, 2.05) is 0 Å². The zero-order valence-electron chi connectivity index (χ0n) is 14.4. The highest BCUT2D eigenvalue weighted by Crippen LogP contribution is 2.24. The number of benzene rings is 2. The number of likely N-dealkylation sites (N-methyl/N-ethyl adjacent to an activating group) is 1. The van der Waals surface area contributed by atoms with Gasteiger partial charge in [0, 0.05) is 13.1 Å². The second-order valence-corrected chi connectivity index (χ2v) is 6.43. The lowest BCUT2D eigenvalue weighted by Crippen LogP contribution is -2.61. The second kappa shape index (κ2) is 8.85. The number of aliphatic hydroxyl groups is 1. The molecule has 2 heteroatoms. The van der Waals surface area contributed by atoms with Crippen molar-refractivity contribution in [2.24, 2.45) is 0 Å². The van der Waals surface area contributed by atoms with Crippen LogP contribution < -0.4 is 0 Å². The van der Waals surface area contributed by atoms with Crippen molar-refractivity contribution in [1.82, 2.24) is 4.90 Å². The van der Waals surface area contributed by atoms with Crippen LogP contribution in [0.3, 0.4) is 0 Å². The number of nitrogens with zero attached hydrogens (tertiary/aromatic N) is 1. The van der Waals surface area contributed by atoms with Crippen LogP contribution in [0.1, 0.15) is 37.8 Å². The van der Waals surface area contributed by atoms with Gasteiger partial charge in [0.15, 0.2) is 0 Å². The molecule has 0 saturated carbocycles. The molecule has 0 aliphatic carbocycles. The number of β-amino-alcohol motifs (C(OH)–C–C–N with tert-alkyl or cyclic N) is 1. The Balaban J connectivity index is 0.000000174. The molecule has 3 rings (SSSR count). The predicted molar refractivity (Wildman–Crippen MR) is 97.7 cm³/mol. The number of hydrogen-bond donors (Lipinski definition) is 1. The van der Waals surface area contributed by atoms with E-state index in [0.29, 0.717) is 0 Å². The summed E-state index contributed by atoms with van der Waals surface area (Å²) in [6.07, 6.45) is 3.08. The minimum Gasteiger partial charge on any atom is -0.387 e. The first-order valence-corrected chi connectivity index (χ1v) is 8.68. The summed E-state index contributed by atoms with van der Waals surface area (Å²) in [5, 5.41) is 9.67. The fourth-order valence-corrected chi connectivity index (χ4v) is 3.06. The molecule has 2 aromatic rings. The van der Waals surface area contributed by atoms with Crippen molar-refractivity contribution in [3.63, 3.8) is 0 Å². The second-order valence-electron chi connectivity index (χ2n) is 6.43. The summed E-state index contributed by atoms with van der Waals surface area (Å²) in [5.41, 5.74) is 2.41. The van der Waals surface area contributed by atoms with Crippen LogP contribution in [-0.2, 0) is 6.42 Å². The van der Waals surface area contributed by atoms with E-state index >= 15 is 0 Å². The monoisotopic (exact) mass is 311 g/mol. The molecule has 23 heavy (non-hydrogen) atoms. The number of hydrogen-bond acceptors (Lipinski definition) is 2. The van der Waals surface area contributed by atoms with E-state index in [9.17, 15) is 5.11 Å². The van der Waals surface area contributed by atoms with Gasteiger partial charge in [0.2, 0.25) is 0 Å². The molecule has 1 N–H and O–H groups in total. The molecule has 1 saturated heterocycles. The van der Waals surface area contributed by atoms with E-state index in [0.717, 1.165) is 38.9 Å². The van der Waals surface area contributed by atoms with Crippen molar-refractivity contribution < 1.29 is 5.11 Å². The minimum atomic E-state index is -0.329. The lowest BCUT2D eigenvalue weighted by Gasteiger charge is -2.46. The van der Waals surface area contributed by atoms with Gasteiger partial charge < -0.3 is 5.11 Å². The molecule has 0 unspecified atom stereocenters. The Morgan fingerprint density at radius 3 is 1.74 bits per heavy atom. The molecule has 124 valence electrons. The summed E-state index contributed by atoms with van der Waals surface area (Å²) in [5.74, 6) is 0. The first kappa shape index (κ1) is 17.7. The molecule has 0 spiro atoms. The van der Waals surface area contributed by atoms with E-state index < -0.39 is 0 Å². The Morgan fingerprint density at radius 1 is 0.870 bits per heavy atom. The highest BCUT2D eigenvalue weighted by atomic mass is 16.3. The zero-order chi connectivity index (χ0) is 16.5. The van der Waals surface area contributed by atoms with Crippen LogP contribution in [0.25, 0.3) is 0 Å². The van der Waals surface area contributed by atoms with Crippen LogP contribution in [0, 0.1) is 0 Å². The lowest BCUT2D eigenvalue weighted by atomic mass is 9.89. The van der Waals surface area contributed by atoms with Gasteiger partial charge in [-0.2, -0.15) is 0 Å². The summed E-state index contributed by atoms with van der Waals surface area (Å²) >= 11 is 0. The normalized spacial score (nSPS) is 16.1. The van der Waals surface area contributed by atoms with Gasteiger partial charge >= 0.3 is 0 Å². The summed E-state index contributed by atoms with van der Waals surface area (Å²) in [6, 6.07) is 21.1. The molecular weight excluding hydrogens is 282 g/mol. The summed E-state index contributed by atoms with van der Waals surface area (Å²) in [4.78, 5) is 2.26. The maximum absolute atomic E-state index is 9.67. The van der Waals surface area contributed by atoms with E-state index in [2.05, 4.69) is 79.4 Å². The van der Waals surface area contributed by atoms with Crippen molar-refractivity contribution in [3.8, 4) is 0 Å². The Kier molecular flexibility index (Phi) is 6.82. The first-order chi connectivity index (χ1) is 11.1. The SMILES string of the molecule is CCCC1(O)CN(CC)C1.c1ccc(Cc2ccccc2)cc1. The van der Waals surface area contributed by atoms with Crippen LogP contribution in [0.15, 0.2) is 60.7 Å². The highest BCUT2D eigenvalue weighted by molar-refractivity contribution is 5.25. The average Bonchev–Trinajstić information content (AvgIpc) is 2.55. The van der Waals surface area contributed by atoms with E-state index in [1.165, 1.54) is 11.1 Å². The zero-order valence-corrected chi connectivity index (χ0v) is 14.4. The van der Waals surface area contributed by atoms with Crippen LogP contribution >= 0.6 is 0 Å². The van der Waals surface area contributed by atoms with Crippen LogP contribution in [0.4, 0.5) is 0 Å². The Labute approximate surface area is 140 Å². The quantitative estimate of drug-likeness (QED) is 0.897. The number of likely N-dealkylation sites (tertiary alicyclic amines) is 1. The molecule has 1 aliphatic heterocycles. The van der Waals surface area contributed by atoms with Gasteiger partial charge in [-0.3, -0.25) is 4.90 Å². The average molecular weight is 311 g/mol. The first-order valence-electron chi connectivity index (χ1n) is 8.68. The molecule has 1 fully saturated rings. The van der Waals surface area contributed by atoms with Gasteiger partial charge in [0.25, 0.3) is 0 Å². The highest BCUT2D eigenvalue weighted by Gasteiger charge is 2.38. The van der Waals surface area contributed by atoms with E-state index in [1.54, 1.807) is 0 Å². The molecule has 1 aliphatic rings. The summed E-state index contributed by atoms with van der Waals surface area (Å²) < 4.78 is 0. The number of rotatable bonds is 5. The van der Waals surface area contributed by atoms with E-state index in [-0.39, 0.29) is 5.60 Å². The van der Waals surface area contributed by atoms with Crippen molar-refractivity contribution in [2.75, 3.05) is 19.6 Å². The van der Waals surface area contributed by atoms with Gasteiger partial charge in [-0.25, -0.2) is 0 Å². The van der Waals surface area contributed by atoms with Gasteiger partial charge in [-0.1, -0.05) is 80.9 Å². The van der Waals surface area contributed by atoms with Gasteiger partial charge in [0.1, 0.15) is 0 Å². The fraction of sp³-hybridized carbons (Fsp3) is 0.429. The molecule has 1 heterocycles. The topological polar surface area (TPSA) is 23.5 Å². The molecule has 2 nitrogen and oxygen atoms in total. The minimum absolute atomic E-state index is 0.329. The molecule has 0 atom stereocenters. The molecule has 0 amide bonds. The largest absolute Gasteiger partial charge is 0.387 e. The molecule has 2 aromatic carbocycles. The molecule has 0 radical (unpaired) electrons. The Morgan fingerprint density at radius 2 is 1.35 bits per heavy atom. The maximum Gasteiger partial charge on any atom is 0.0900 e. The van der Waals surface area contributed by atoms with Crippen molar-refractivity contribution in [1.29, 1.82) is 0 Å². The van der Waals surface area contributed by atoms with Crippen molar-refractivity contribution in [3.05, 3.63) is 71.8 Å². The lowest BCUT2D eigenvalue weighted by molar-refractivity contribution is -0.100. The standard InChI is InChI=1S/C13H12.C8H17NO/c1-3-7-12(8-4-1)11-13-9-5-2-6-10-13;1-3-5-8(10)6-9(4-2)7-8/h1-10H,11H2;10H,3-7H2,1-2H3. The summed E-state index contributed by atoms with van der Waals surface area (Å²) in [7, 11) is 0. The summed E-state index contributed by atoms with van der Waals surface area (Å²) in [6.45, 7) is 7.10. The predicted octanol–water partition coefficient (Wildman–Crippen LogP) is 4.13. The van der Waals surface area contributed by atoms with Crippen molar-refractivity contribution >= 4 is 0 Å². The Hall–Kier alpha value is -1.64. The van der Waals surface area contributed by atoms with Gasteiger partial charge in [-0.15, -0.1) is 0 Å². The van der Waals surface area contributed by atoms with Gasteiger partial charge in [-0.05, 0) is 30.5 Å². The van der Waals surface area contributed by atoms with Crippen LogP contribution in [-0.4, -0.2) is 35.2 Å². The Bertz CT molecular complexity index is 509. The molecule has 0 bridgehead atoms. The third-order valence-electron chi connectivity index (χ3n) is 4.29. The fourth-order valence-electron chi connectivity index (χ4n) is 3.06. The molecular formula is C21H29NO. The van der Waals surface area contributed by atoms with Gasteiger partial charge in [0.05, 0.1) is 5.60 Å². The third-order valence-corrected chi connectivity index (χ3v) is 4.29. The van der Waals surface area contributed by atoms with E-state index in [4.69, 9.17) is 0 Å². The van der Waals surface area contributed by atoms with Crippen LogP contribution in [0.5, 0.6) is 0 Å². The van der Waals surface area contributed by atoms with Crippen molar-refractivity contribution in [2.45, 2.75) is 38.7 Å². The molecule has 0 aromatic heterocycles.